The summed E-state index contributed by atoms with van der Waals surface area (Å²) in [6.45, 7) is 3.75. The highest BCUT2D eigenvalue weighted by atomic mass is 16.5. The molecule has 1 aromatic carbocycles. The second kappa shape index (κ2) is 8.32. The molecule has 0 spiro atoms. The second-order valence-electron chi connectivity index (χ2n) is 6.87. The maximum atomic E-state index is 12.6. The van der Waals surface area contributed by atoms with E-state index in [-0.39, 0.29) is 5.91 Å². The number of benzene rings is 1. The number of para-hydroxylation sites is 1. The summed E-state index contributed by atoms with van der Waals surface area (Å²) in [6, 6.07) is 11.8. The van der Waals surface area contributed by atoms with Gasteiger partial charge in [0.1, 0.15) is 18.0 Å². The summed E-state index contributed by atoms with van der Waals surface area (Å²) in [5.74, 6) is 1.02. The standard InChI is InChI=1S/C21H26N2O3/c1-17-6-3-4-8-19(17)26-16-21(25-2)11-13-23(15-21)20(24)10-9-18-7-5-12-22-14-18/h3-8,12,14H,9-11,13,15-16H2,1-2H3/t21-/m1/s1. The van der Waals surface area contributed by atoms with Crippen LogP contribution < -0.4 is 4.74 Å². The van der Waals surface area contributed by atoms with Crippen LogP contribution in [0.1, 0.15) is 24.0 Å². The van der Waals surface area contributed by atoms with E-state index in [1.807, 2.05) is 54.4 Å². The Morgan fingerprint density at radius 3 is 2.85 bits per heavy atom. The lowest BCUT2D eigenvalue weighted by atomic mass is 10.0. The van der Waals surface area contributed by atoms with Gasteiger partial charge in [-0.3, -0.25) is 9.78 Å². The minimum absolute atomic E-state index is 0.156. The van der Waals surface area contributed by atoms with Crippen molar-refractivity contribution in [3.05, 3.63) is 59.9 Å². The molecule has 0 N–H and O–H groups in total. The number of carbonyl (C=O) groups is 1. The Bertz CT molecular complexity index is 735. The molecule has 0 radical (unpaired) electrons. The van der Waals surface area contributed by atoms with Crippen LogP contribution in [-0.2, 0) is 16.0 Å². The normalized spacial score (nSPS) is 19.5. The molecule has 5 nitrogen and oxygen atoms in total. The van der Waals surface area contributed by atoms with Crippen molar-refractivity contribution in [1.82, 2.24) is 9.88 Å². The van der Waals surface area contributed by atoms with Crippen molar-refractivity contribution in [2.24, 2.45) is 0 Å². The summed E-state index contributed by atoms with van der Waals surface area (Å²) in [6.07, 6.45) is 5.54. The quantitative estimate of drug-likeness (QED) is 0.767. The molecule has 138 valence electrons. The van der Waals surface area contributed by atoms with Crippen LogP contribution in [0.3, 0.4) is 0 Å². The molecule has 3 rings (SSSR count). The Kier molecular flexibility index (Phi) is 5.89. The molecule has 1 saturated heterocycles. The first-order chi connectivity index (χ1) is 12.6. The van der Waals surface area contributed by atoms with Gasteiger partial charge in [-0.25, -0.2) is 0 Å². The smallest absolute Gasteiger partial charge is 0.223 e. The number of hydrogen-bond acceptors (Lipinski definition) is 4. The van der Waals surface area contributed by atoms with Crippen LogP contribution in [0.4, 0.5) is 0 Å². The van der Waals surface area contributed by atoms with Crippen molar-refractivity contribution >= 4 is 5.91 Å². The molecule has 1 atom stereocenters. The molecule has 0 saturated carbocycles. The number of nitrogens with zero attached hydrogens (tertiary/aromatic N) is 2. The molecule has 1 amide bonds. The minimum atomic E-state index is -0.438. The predicted molar refractivity (Wildman–Crippen MR) is 100 cm³/mol. The van der Waals surface area contributed by atoms with E-state index in [2.05, 4.69) is 4.98 Å². The Labute approximate surface area is 155 Å². The molecule has 0 aliphatic carbocycles. The van der Waals surface area contributed by atoms with Crippen molar-refractivity contribution in [1.29, 1.82) is 0 Å². The van der Waals surface area contributed by atoms with E-state index in [0.29, 0.717) is 32.5 Å². The molecular weight excluding hydrogens is 328 g/mol. The third kappa shape index (κ3) is 4.41. The van der Waals surface area contributed by atoms with Gasteiger partial charge in [-0.05, 0) is 43.0 Å². The topological polar surface area (TPSA) is 51.7 Å². The van der Waals surface area contributed by atoms with Crippen molar-refractivity contribution in [3.63, 3.8) is 0 Å². The summed E-state index contributed by atoms with van der Waals surface area (Å²) >= 11 is 0. The largest absolute Gasteiger partial charge is 0.490 e. The molecule has 1 aromatic heterocycles. The third-order valence-corrected chi connectivity index (χ3v) is 5.04. The highest BCUT2D eigenvalue weighted by Gasteiger charge is 2.41. The van der Waals surface area contributed by atoms with Gasteiger partial charge >= 0.3 is 0 Å². The molecular formula is C21H26N2O3. The van der Waals surface area contributed by atoms with E-state index < -0.39 is 5.60 Å². The van der Waals surface area contributed by atoms with E-state index in [1.165, 1.54) is 0 Å². The van der Waals surface area contributed by atoms with Gasteiger partial charge in [0.05, 0.1) is 6.54 Å². The zero-order valence-electron chi connectivity index (χ0n) is 15.5. The Balaban J connectivity index is 1.54. The van der Waals surface area contributed by atoms with Crippen molar-refractivity contribution < 1.29 is 14.3 Å². The highest BCUT2D eigenvalue weighted by Crippen LogP contribution is 2.28. The molecule has 1 aliphatic rings. The zero-order valence-corrected chi connectivity index (χ0v) is 15.5. The number of hydrogen-bond donors (Lipinski definition) is 0. The Morgan fingerprint density at radius 1 is 1.27 bits per heavy atom. The predicted octanol–water partition coefficient (Wildman–Crippen LogP) is 3.02. The van der Waals surface area contributed by atoms with Gasteiger partial charge in [0, 0.05) is 32.5 Å². The van der Waals surface area contributed by atoms with Gasteiger partial charge in [0.25, 0.3) is 0 Å². The maximum Gasteiger partial charge on any atom is 0.223 e. The first-order valence-corrected chi connectivity index (χ1v) is 9.02. The van der Waals surface area contributed by atoms with E-state index in [4.69, 9.17) is 9.47 Å². The molecule has 0 bridgehead atoms. The fourth-order valence-corrected chi connectivity index (χ4v) is 3.28. The summed E-state index contributed by atoms with van der Waals surface area (Å²) in [5.41, 5.74) is 1.74. The summed E-state index contributed by atoms with van der Waals surface area (Å²) < 4.78 is 11.8. The molecule has 5 heteroatoms. The van der Waals surface area contributed by atoms with Gasteiger partial charge in [-0.1, -0.05) is 24.3 Å². The van der Waals surface area contributed by atoms with Crippen LogP contribution in [0.25, 0.3) is 0 Å². The number of likely N-dealkylation sites (tertiary alicyclic amines) is 1. The van der Waals surface area contributed by atoms with E-state index in [0.717, 1.165) is 23.3 Å². The number of pyridine rings is 1. The zero-order chi connectivity index (χ0) is 18.4. The number of ether oxygens (including phenoxy) is 2. The van der Waals surface area contributed by atoms with Crippen LogP contribution in [0, 0.1) is 6.92 Å². The molecule has 2 aromatic rings. The number of amides is 1. The molecule has 0 unspecified atom stereocenters. The van der Waals surface area contributed by atoms with E-state index >= 15 is 0 Å². The fraction of sp³-hybridized carbons (Fsp3) is 0.429. The summed E-state index contributed by atoms with van der Waals surface area (Å²) in [5, 5.41) is 0. The second-order valence-corrected chi connectivity index (χ2v) is 6.87. The van der Waals surface area contributed by atoms with Gasteiger partial charge < -0.3 is 14.4 Å². The number of carbonyl (C=O) groups excluding carboxylic acids is 1. The number of aryl methyl sites for hydroxylation is 2. The molecule has 26 heavy (non-hydrogen) atoms. The molecule has 2 heterocycles. The first-order valence-electron chi connectivity index (χ1n) is 9.02. The Hall–Kier alpha value is -2.40. The minimum Gasteiger partial charge on any atom is -0.490 e. The number of rotatable bonds is 7. The number of methoxy groups -OCH3 is 1. The van der Waals surface area contributed by atoms with Crippen LogP contribution in [0.15, 0.2) is 48.8 Å². The van der Waals surface area contributed by atoms with Gasteiger partial charge in [0.2, 0.25) is 5.91 Å². The van der Waals surface area contributed by atoms with Crippen LogP contribution in [0.2, 0.25) is 0 Å². The average molecular weight is 354 g/mol. The Morgan fingerprint density at radius 2 is 2.12 bits per heavy atom. The summed E-state index contributed by atoms with van der Waals surface area (Å²) in [7, 11) is 1.70. The van der Waals surface area contributed by atoms with Gasteiger partial charge in [-0.15, -0.1) is 0 Å². The lowest BCUT2D eigenvalue weighted by Crippen LogP contribution is -2.42. The fourth-order valence-electron chi connectivity index (χ4n) is 3.28. The molecule has 1 aliphatic heterocycles. The molecule has 1 fully saturated rings. The SMILES string of the molecule is CO[C@]1(COc2ccccc2C)CCN(C(=O)CCc2cccnc2)C1. The van der Waals surface area contributed by atoms with Crippen molar-refractivity contribution in [2.45, 2.75) is 31.8 Å². The average Bonchev–Trinajstić information content (AvgIpc) is 3.11. The third-order valence-electron chi connectivity index (χ3n) is 5.04. The van der Waals surface area contributed by atoms with Crippen LogP contribution in [0.5, 0.6) is 5.75 Å². The van der Waals surface area contributed by atoms with Gasteiger partial charge in [0.15, 0.2) is 0 Å². The number of aromatic nitrogens is 1. The lowest BCUT2D eigenvalue weighted by molar-refractivity contribution is -0.131. The van der Waals surface area contributed by atoms with E-state index in [9.17, 15) is 4.79 Å². The first kappa shape index (κ1) is 18.4. The maximum absolute atomic E-state index is 12.6. The summed E-state index contributed by atoms with van der Waals surface area (Å²) in [4.78, 5) is 18.5. The van der Waals surface area contributed by atoms with Crippen molar-refractivity contribution in [2.75, 3.05) is 26.8 Å². The van der Waals surface area contributed by atoms with Crippen LogP contribution >= 0.6 is 0 Å². The highest BCUT2D eigenvalue weighted by molar-refractivity contribution is 5.77. The van der Waals surface area contributed by atoms with Crippen LogP contribution in [-0.4, -0.2) is 48.2 Å². The van der Waals surface area contributed by atoms with Crippen molar-refractivity contribution in [3.8, 4) is 5.75 Å². The monoisotopic (exact) mass is 354 g/mol. The van der Waals surface area contributed by atoms with Gasteiger partial charge in [-0.2, -0.15) is 0 Å². The lowest BCUT2D eigenvalue weighted by Gasteiger charge is -2.28. The van der Waals surface area contributed by atoms with E-state index in [1.54, 1.807) is 13.3 Å².